The summed E-state index contributed by atoms with van der Waals surface area (Å²) in [6.07, 6.45) is 1.49. The van der Waals surface area contributed by atoms with Gasteiger partial charge in [-0.3, -0.25) is 0 Å². The molecule has 0 atom stereocenters. The minimum absolute atomic E-state index is 0.0352. The minimum Gasteiger partial charge on any atom is -0.496 e. The van der Waals surface area contributed by atoms with Gasteiger partial charge in [0.15, 0.2) is 0 Å². The van der Waals surface area contributed by atoms with E-state index in [1.807, 2.05) is 12.1 Å². The summed E-state index contributed by atoms with van der Waals surface area (Å²) in [5.74, 6) is 0.356. The van der Waals surface area contributed by atoms with Gasteiger partial charge in [-0.05, 0) is 30.3 Å². The van der Waals surface area contributed by atoms with Crippen molar-refractivity contribution in [3.63, 3.8) is 0 Å². The van der Waals surface area contributed by atoms with Crippen LogP contribution in [-0.2, 0) is 5.75 Å². The van der Waals surface area contributed by atoms with Crippen LogP contribution >= 0.6 is 23.4 Å². The molecule has 1 aromatic carbocycles. The van der Waals surface area contributed by atoms with Crippen molar-refractivity contribution in [3.05, 3.63) is 52.8 Å². The first-order valence-electron chi connectivity index (χ1n) is 5.74. The van der Waals surface area contributed by atoms with E-state index >= 15 is 0 Å². The number of nitrogens with zero attached hydrogens (tertiary/aromatic N) is 1. The second-order valence-corrected chi connectivity index (χ2v) is 5.41. The number of ether oxygens (including phenoxy) is 1. The van der Waals surface area contributed by atoms with Crippen LogP contribution in [0.5, 0.6) is 5.75 Å². The third kappa shape index (κ3) is 3.65. The number of hydrogen-bond donors (Lipinski definition) is 1. The maximum absolute atomic E-state index is 10.9. The molecule has 0 aliphatic heterocycles. The van der Waals surface area contributed by atoms with Gasteiger partial charge in [0, 0.05) is 27.4 Å². The van der Waals surface area contributed by atoms with Crippen molar-refractivity contribution in [3.8, 4) is 5.75 Å². The lowest BCUT2D eigenvalue weighted by atomic mass is 10.2. The fraction of sp³-hybridized carbons (Fsp3) is 0.143. The lowest BCUT2D eigenvalue weighted by Crippen LogP contribution is -1.99. The normalized spacial score (nSPS) is 10.3. The van der Waals surface area contributed by atoms with Crippen molar-refractivity contribution in [2.45, 2.75) is 10.6 Å². The van der Waals surface area contributed by atoms with Crippen molar-refractivity contribution in [1.29, 1.82) is 0 Å². The van der Waals surface area contributed by atoms with Crippen molar-refractivity contribution < 1.29 is 14.6 Å². The van der Waals surface area contributed by atoms with Crippen LogP contribution in [0.15, 0.2) is 41.4 Å². The molecule has 6 heteroatoms. The number of aromatic carboxylic acids is 1. The molecule has 104 valence electrons. The summed E-state index contributed by atoms with van der Waals surface area (Å²) in [7, 11) is 1.60. The molecule has 0 radical (unpaired) electrons. The number of benzene rings is 1. The fourth-order valence-electron chi connectivity index (χ4n) is 1.64. The van der Waals surface area contributed by atoms with Crippen LogP contribution in [0.1, 0.15) is 16.1 Å². The summed E-state index contributed by atoms with van der Waals surface area (Å²) in [4.78, 5) is 15.5. The fourth-order valence-corrected chi connectivity index (χ4v) is 2.73. The number of carboxylic acid groups (broad SMARTS) is 1. The molecule has 1 N–H and O–H groups in total. The Bertz CT molecular complexity index is 634. The summed E-state index contributed by atoms with van der Waals surface area (Å²) in [5, 5.41) is 9.54. The highest BCUT2D eigenvalue weighted by Gasteiger charge is 2.08. The molecule has 0 aliphatic carbocycles. The Morgan fingerprint density at radius 1 is 1.40 bits per heavy atom. The molecule has 0 saturated carbocycles. The second kappa shape index (κ2) is 6.63. The highest BCUT2D eigenvalue weighted by atomic mass is 35.5. The molecule has 2 rings (SSSR count). The van der Waals surface area contributed by atoms with E-state index < -0.39 is 5.97 Å². The Morgan fingerprint density at radius 2 is 2.20 bits per heavy atom. The number of aromatic nitrogens is 1. The van der Waals surface area contributed by atoms with E-state index in [0.717, 1.165) is 16.2 Å². The number of hydrogen-bond acceptors (Lipinski definition) is 4. The van der Waals surface area contributed by atoms with Crippen molar-refractivity contribution in [1.82, 2.24) is 4.98 Å². The van der Waals surface area contributed by atoms with Crippen LogP contribution in [0.4, 0.5) is 0 Å². The summed E-state index contributed by atoms with van der Waals surface area (Å²) in [5.41, 5.74) is 0.992. The highest BCUT2D eigenvalue weighted by Crippen LogP contribution is 2.30. The largest absolute Gasteiger partial charge is 0.496 e. The van der Waals surface area contributed by atoms with Crippen molar-refractivity contribution >= 4 is 29.3 Å². The van der Waals surface area contributed by atoms with E-state index in [2.05, 4.69) is 4.98 Å². The maximum atomic E-state index is 10.9. The van der Waals surface area contributed by atoms with Crippen LogP contribution in [-0.4, -0.2) is 23.2 Å². The van der Waals surface area contributed by atoms with Gasteiger partial charge in [0.2, 0.25) is 0 Å². The molecule has 2 aromatic rings. The highest BCUT2D eigenvalue weighted by molar-refractivity contribution is 7.98. The molecule has 0 fully saturated rings. The molecular formula is C14H12ClNO3S. The number of rotatable bonds is 5. The van der Waals surface area contributed by atoms with Crippen LogP contribution in [0.25, 0.3) is 0 Å². The van der Waals surface area contributed by atoms with Gasteiger partial charge in [-0.1, -0.05) is 11.6 Å². The van der Waals surface area contributed by atoms with E-state index in [9.17, 15) is 4.79 Å². The summed E-state index contributed by atoms with van der Waals surface area (Å²) in [6, 6.07) is 8.74. The zero-order valence-corrected chi connectivity index (χ0v) is 12.2. The molecule has 0 amide bonds. The van der Waals surface area contributed by atoms with Gasteiger partial charge in [-0.25, -0.2) is 9.78 Å². The summed E-state index contributed by atoms with van der Waals surface area (Å²) < 4.78 is 5.27. The van der Waals surface area contributed by atoms with Gasteiger partial charge in [0.05, 0.1) is 7.11 Å². The average molecular weight is 310 g/mol. The molecule has 0 aliphatic rings. The van der Waals surface area contributed by atoms with Crippen LogP contribution in [0, 0.1) is 0 Å². The summed E-state index contributed by atoms with van der Waals surface area (Å²) >= 11 is 7.47. The van der Waals surface area contributed by atoms with Gasteiger partial charge < -0.3 is 9.84 Å². The third-order valence-corrected chi connectivity index (χ3v) is 3.87. The van der Waals surface area contributed by atoms with E-state index in [-0.39, 0.29) is 5.69 Å². The summed E-state index contributed by atoms with van der Waals surface area (Å²) in [6.45, 7) is 0. The third-order valence-electron chi connectivity index (χ3n) is 2.59. The van der Waals surface area contributed by atoms with E-state index in [1.54, 1.807) is 25.3 Å². The van der Waals surface area contributed by atoms with Crippen LogP contribution in [0.3, 0.4) is 0 Å². The first-order valence-corrected chi connectivity index (χ1v) is 7.11. The number of halogens is 1. The molecular weight excluding hydrogens is 298 g/mol. The molecule has 1 heterocycles. The second-order valence-electron chi connectivity index (χ2n) is 3.93. The zero-order valence-electron chi connectivity index (χ0n) is 10.7. The van der Waals surface area contributed by atoms with Gasteiger partial charge in [-0.15, -0.1) is 11.8 Å². The predicted octanol–water partition coefficient (Wildman–Crippen LogP) is 3.73. The Balaban J connectivity index is 2.14. The Morgan fingerprint density at radius 3 is 2.90 bits per heavy atom. The quantitative estimate of drug-likeness (QED) is 0.853. The topological polar surface area (TPSA) is 59.4 Å². The molecule has 0 unspecified atom stereocenters. The van der Waals surface area contributed by atoms with Gasteiger partial charge in [-0.2, -0.15) is 0 Å². The van der Waals surface area contributed by atoms with Gasteiger partial charge >= 0.3 is 5.97 Å². The molecule has 1 aromatic heterocycles. The maximum Gasteiger partial charge on any atom is 0.354 e. The predicted molar refractivity (Wildman–Crippen MR) is 78.8 cm³/mol. The van der Waals surface area contributed by atoms with E-state index in [0.29, 0.717) is 10.8 Å². The average Bonchev–Trinajstić information content (AvgIpc) is 2.45. The first-order chi connectivity index (χ1) is 9.60. The van der Waals surface area contributed by atoms with Gasteiger partial charge in [0.1, 0.15) is 11.4 Å². The molecule has 0 saturated heterocycles. The molecule has 0 bridgehead atoms. The number of methoxy groups -OCH3 is 1. The lowest BCUT2D eigenvalue weighted by Gasteiger charge is -2.08. The van der Waals surface area contributed by atoms with E-state index in [1.165, 1.54) is 18.0 Å². The monoisotopic (exact) mass is 309 g/mol. The molecule has 20 heavy (non-hydrogen) atoms. The Kier molecular flexibility index (Phi) is 4.87. The molecule has 4 nitrogen and oxygen atoms in total. The minimum atomic E-state index is -1.03. The standard InChI is InChI=1S/C14H12ClNO3S/c1-19-13-3-2-10(15)6-9(13)8-20-11-4-5-16-12(7-11)14(17)18/h2-7H,8H2,1H3,(H,17,18). The number of carboxylic acids is 1. The smallest absolute Gasteiger partial charge is 0.354 e. The zero-order chi connectivity index (χ0) is 14.5. The van der Waals surface area contributed by atoms with E-state index in [4.69, 9.17) is 21.4 Å². The number of carbonyl (C=O) groups is 1. The lowest BCUT2D eigenvalue weighted by molar-refractivity contribution is 0.0690. The Hall–Kier alpha value is -1.72. The Labute approximate surface area is 125 Å². The number of thioether (sulfide) groups is 1. The molecule has 0 spiro atoms. The first kappa shape index (κ1) is 14.7. The number of pyridine rings is 1. The van der Waals surface area contributed by atoms with Gasteiger partial charge in [0.25, 0.3) is 0 Å². The van der Waals surface area contributed by atoms with Crippen LogP contribution < -0.4 is 4.74 Å². The van der Waals surface area contributed by atoms with Crippen molar-refractivity contribution in [2.24, 2.45) is 0 Å². The van der Waals surface area contributed by atoms with Crippen LogP contribution in [0.2, 0.25) is 5.02 Å². The van der Waals surface area contributed by atoms with Crippen molar-refractivity contribution in [2.75, 3.05) is 7.11 Å². The SMILES string of the molecule is COc1ccc(Cl)cc1CSc1ccnc(C(=O)O)c1.